The van der Waals surface area contributed by atoms with E-state index in [-0.39, 0.29) is 24.1 Å². The van der Waals surface area contributed by atoms with Gasteiger partial charge in [-0.25, -0.2) is 9.18 Å². The summed E-state index contributed by atoms with van der Waals surface area (Å²) in [5.74, 6) is -0.405. The number of carbonyl (C=O) groups is 1. The van der Waals surface area contributed by atoms with Crippen LogP contribution >= 0.6 is 11.6 Å². The number of benzene rings is 2. The monoisotopic (exact) mass is 320 g/mol. The molecule has 3 nitrogen and oxygen atoms in total. The molecule has 5 heteroatoms. The Morgan fingerprint density at radius 2 is 2.09 bits per heavy atom. The summed E-state index contributed by atoms with van der Waals surface area (Å²) in [4.78, 5) is 11.7. The average molecular weight is 321 g/mol. The molecule has 2 aromatic carbocycles. The smallest absolute Gasteiger partial charge is 0.338 e. The molecule has 0 unspecified atom stereocenters. The summed E-state index contributed by atoms with van der Waals surface area (Å²) in [6.07, 6.45) is 1.48. The van der Waals surface area contributed by atoms with Crippen LogP contribution < -0.4 is 4.74 Å². The predicted molar refractivity (Wildman–Crippen MR) is 82.7 cm³/mol. The Labute approximate surface area is 132 Å². The van der Waals surface area contributed by atoms with Crippen molar-refractivity contribution < 1.29 is 18.7 Å². The summed E-state index contributed by atoms with van der Waals surface area (Å²) >= 11 is 6.08. The normalized spacial score (nSPS) is 10.1. The molecule has 0 aliphatic carbocycles. The fraction of sp³-hybridized carbons (Fsp3) is 0.118. The molecule has 0 saturated carbocycles. The number of rotatable bonds is 6. The summed E-state index contributed by atoms with van der Waals surface area (Å²) in [7, 11) is 0. The molecular weight excluding hydrogens is 307 g/mol. The van der Waals surface area contributed by atoms with E-state index in [4.69, 9.17) is 21.1 Å². The van der Waals surface area contributed by atoms with Crippen molar-refractivity contribution in [2.24, 2.45) is 0 Å². The Morgan fingerprint density at radius 3 is 2.77 bits per heavy atom. The molecule has 0 heterocycles. The molecule has 0 N–H and O–H groups in total. The van der Waals surface area contributed by atoms with E-state index in [1.165, 1.54) is 24.3 Å². The topological polar surface area (TPSA) is 35.5 Å². The van der Waals surface area contributed by atoms with Gasteiger partial charge in [-0.3, -0.25) is 0 Å². The molecule has 22 heavy (non-hydrogen) atoms. The Hall–Kier alpha value is -2.33. The first-order valence-electron chi connectivity index (χ1n) is 6.55. The van der Waals surface area contributed by atoms with Crippen LogP contribution in [0.15, 0.2) is 55.1 Å². The summed E-state index contributed by atoms with van der Waals surface area (Å²) in [5, 5.41) is 0.282. The van der Waals surface area contributed by atoms with Crippen molar-refractivity contribution in [3.05, 3.63) is 77.1 Å². The zero-order valence-corrected chi connectivity index (χ0v) is 12.5. The van der Waals surface area contributed by atoms with E-state index in [1.54, 1.807) is 24.3 Å². The fourth-order valence-electron chi connectivity index (χ4n) is 1.75. The molecule has 114 valence electrons. The van der Waals surface area contributed by atoms with Crippen LogP contribution in [0.1, 0.15) is 15.9 Å². The highest BCUT2D eigenvalue weighted by Crippen LogP contribution is 2.26. The van der Waals surface area contributed by atoms with Gasteiger partial charge in [-0.05, 0) is 35.9 Å². The Morgan fingerprint density at radius 1 is 1.27 bits per heavy atom. The lowest BCUT2D eigenvalue weighted by molar-refractivity contribution is 0.0549. The van der Waals surface area contributed by atoms with Gasteiger partial charge in [0.15, 0.2) is 0 Å². The maximum atomic E-state index is 13.1. The first kappa shape index (κ1) is 16.0. The van der Waals surface area contributed by atoms with E-state index in [0.29, 0.717) is 16.9 Å². The minimum Gasteiger partial charge on any atom is -0.487 e. The van der Waals surface area contributed by atoms with Crippen LogP contribution in [-0.4, -0.2) is 12.6 Å². The van der Waals surface area contributed by atoms with Gasteiger partial charge < -0.3 is 9.47 Å². The zero-order chi connectivity index (χ0) is 15.9. The largest absolute Gasteiger partial charge is 0.487 e. The van der Waals surface area contributed by atoms with Gasteiger partial charge in [-0.15, -0.1) is 0 Å². The Balaban J connectivity index is 2.03. The minimum absolute atomic E-state index is 0.133. The highest BCUT2D eigenvalue weighted by Gasteiger charge is 2.10. The molecule has 0 aliphatic heterocycles. The van der Waals surface area contributed by atoms with E-state index in [2.05, 4.69) is 6.58 Å². The van der Waals surface area contributed by atoms with E-state index in [1.807, 2.05) is 0 Å². The molecule has 0 aliphatic rings. The quantitative estimate of drug-likeness (QED) is 0.584. The third kappa shape index (κ3) is 4.33. The van der Waals surface area contributed by atoms with Gasteiger partial charge in [0.2, 0.25) is 0 Å². The van der Waals surface area contributed by atoms with Crippen molar-refractivity contribution >= 4 is 17.6 Å². The van der Waals surface area contributed by atoms with Gasteiger partial charge in [0.1, 0.15) is 24.8 Å². The molecule has 0 saturated heterocycles. The van der Waals surface area contributed by atoms with E-state index in [9.17, 15) is 9.18 Å². The summed E-state index contributed by atoms with van der Waals surface area (Å²) in [6, 6.07) is 10.7. The predicted octanol–water partition coefficient (Wildman–Crippen LogP) is 4.40. The molecule has 0 spiro atoms. The van der Waals surface area contributed by atoms with Crippen LogP contribution in [0.4, 0.5) is 4.39 Å². The number of halogens is 2. The minimum atomic E-state index is -0.488. The molecule has 0 radical (unpaired) electrons. The van der Waals surface area contributed by atoms with Gasteiger partial charge >= 0.3 is 5.97 Å². The lowest BCUT2D eigenvalue weighted by Crippen LogP contribution is -2.05. The lowest BCUT2D eigenvalue weighted by atomic mass is 10.2. The maximum absolute atomic E-state index is 13.1. The number of carbonyl (C=O) groups excluding carboxylic acids is 1. The number of hydrogen-bond donors (Lipinski definition) is 0. The maximum Gasteiger partial charge on any atom is 0.338 e. The van der Waals surface area contributed by atoms with Gasteiger partial charge in [0.25, 0.3) is 0 Å². The van der Waals surface area contributed by atoms with Crippen LogP contribution in [0.3, 0.4) is 0 Å². The van der Waals surface area contributed by atoms with Crippen molar-refractivity contribution in [3.63, 3.8) is 0 Å². The molecule has 2 rings (SSSR count). The SMILES string of the molecule is C=CCOC(=O)c1ccc(OCc2cccc(F)c2)c(Cl)c1. The van der Waals surface area contributed by atoms with Gasteiger partial charge in [-0.1, -0.05) is 36.4 Å². The number of esters is 1. The first-order chi connectivity index (χ1) is 10.6. The third-order valence-corrected chi connectivity index (χ3v) is 3.08. The van der Waals surface area contributed by atoms with E-state index >= 15 is 0 Å². The van der Waals surface area contributed by atoms with Crippen LogP contribution in [0.2, 0.25) is 5.02 Å². The standard InChI is InChI=1S/C17H14ClFO3/c1-2-8-21-17(20)13-6-7-16(15(18)10-13)22-11-12-4-3-5-14(19)9-12/h2-7,9-10H,1,8,11H2. The molecule has 2 aromatic rings. The van der Waals surface area contributed by atoms with Crippen molar-refractivity contribution in [3.8, 4) is 5.75 Å². The van der Waals surface area contributed by atoms with Crippen molar-refractivity contribution in [2.45, 2.75) is 6.61 Å². The number of ether oxygens (including phenoxy) is 2. The van der Waals surface area contributed by atoms with Crippen LogP contribution in [-0.2, 0) is 11.3 Å². The van der Waals surface area contributed by atoms with Crippen LogP contribution in [0.25, 0.3) is 0 Å². The molecule has 0 amide bonds. The number of hydrogen-bond acceptors (Lipinski definition) is 3. The second-order valence-electron chi connectivity index (χ2n) is 4.45. The highest BCUT2D eigenvalue weighted by atomic mass is 35.5. The molecule has 0 bridgehead atoms. The zero-order valence-electron chi connectivity index (χ0n) is 11.7. The third-order valence-electron chi connectivity index (χ3n) is 2.78. The lowest BCUT2D eigenvalue weighted by Gasteiger charge is -2.09. The Bertz CT molecular complexity index is 685. The molecular formula is C17H14ClFO3. The van der Waals surface area contributed by atoms with Crippen LogP contribution in [0, 0.1) is 5.82 Å². The van der Waals surface area contributed by atoms with Gasteiger partial charge in [-0.2, -0.15) is 0 Å². The highest BCUT2D eigenvalue weighted by molar-refractivity contribution is 6.32. The second kappa shape index (κ2) is 7.61. The molecule has 0 atom stereocenters. The van der Waals surface area contributed by atoms with Gasteiger partial charge in [0.05, 0.1) is 10.6 Å². The average Bonchev–Trinajstić information content (AvgIpc) is 2.51. The molecule has 0 aromatic heterocycles. The Kier molecular flexibility index (Phi) is 5.55. The van der Waals surface area contributed by atoms with Crippen LogP contribution in [0.5, 0.6) is 5.75 Å². The van der Waals surface area contributed by atoms with Crippen molar-refractivity contribution in [1.82, 2.24) is 0 Å². The summed E-state index contributed by atoms with van der Waals surface area (Å²) in [6.45, 7) is 3.78. The fourth-order valence-corrected chi connectivity index (χ4v) is 1.99. The van der Waals surface area contributed by atoms with E-state index < -0.39 is 5.97 Å². The van der Waals surface area contributed by atoms with Crippen molar-refractivity contribution in [1.29, 1.82) is 0 Å². The second-order valence-corrected chi connectivity index (χ2v) is 4.86. The summed E-state index contributed by atoms with van der Waals surface area (Å²) < 4.78 is 23.5. The van der Waals surface area contributed by atoms with Gasteiger partial charge in [0, 0.05) is 0 Å². The van der Waals surface area contributed by atoms with Crippen molar-refractivity contribution in [2.75, 3.05) is 6.61 Å². The first-order valence-corrected chi connectivity index (χ1v) is 6.93. The molecule has 0 fully saturated rings. The summed E-state index contributed by atoms with van der Waals surface area (Å²) in [5.41, 5.74) is 1.01. The van der Waals surface area contributed by atoms with E-state index in [0.717, 1.165) is 0 Å².